The van der Waals surface area contributed by atoms with Crippen LogP contribution in [0.5, 0.6) is 0 Å². The molecule has 0 aliphatic heterocycles. The van der Waals surface area contributed by atoms with Crippen molar-refractivity contribution in [2.75, 3.05) is 13.1 Å². The van der Waals surface area contributed by atoms with Gasteiger partial charge in [-0.05, 0) is 24.3 Å². The molecule has 0 bridgehead atoms. The molecule has 23 heavy (non-hydrogen) atoms. The van der Waals surface area contributed by atoms with E-state index in [1.165, 1.54) is 32.1 Å². The number of hydrogen-bond donors (Lipinski definition) is 3. The molecular weight excluding hydrogens is 290 g/mol. The fourth-order valence-corrected chi connectivity index (χ4v) is 2.94. The van der Waals surface area contributed by atoms with Crippen LogP contribution in [0.2, 0.25) is 0 Å². The smallest absolute Gasteiger partial charge is 0.315 e. The number of benzene rings is 1. The van der Waals surface area contributed by atoms with Crippen molar-refractivity contribution in [1.29, 1.82) is 0 Å². The first-order chi connectivity index (χ1) is 11.2. The maximum atomic E-state index is 11.8. The van der Waals surface area contributed by atoms with Crippen LogP contribution in [-0.4, -0.2) is 25.0 Å². The number of carbonyl (C=O) groups excluding carboxylic acids is 2. The van der Waals surface area contributed by atoms with Gasteiger partial charge in [0, 0.05) is 26.1 Å². The van der Waals surface area contributed by atoms with Crippen molar-refractivity contribution in [1.82, 2.24) is 16.0 Å². The van der Waals surface area contributed by atoms with Crippen molar-refractivity contribution in [3.63, 3.8) is 0 Å². The topological polar surface area (TPSA) is 70.2 Å². The zero-order valence-corrected chi connectivity index (χ0v) is 13.6. The third kappa shape index (κ3) is 7.17. The molecule has 3 amide bonds. The summed E-state index contributed by atoms with van der Waals surface area (Å²) < 4.78 is 0. The van der Waals surface area contributed by atoms with Crippen molar-refractivity contribution in [2.24, 2.45) is 5.92 Å². The third-order valence-electron chi connectivity index (χ3n) is 4.23. The van der Waals surface area contributed by atoms with Crippen LogP contribution in [0.4, 0.5) is 4.79 Å². The van der Waals surface area contributed by atoms with Gasteiger partial charge in [0.05, 0.1) is 0 Å². The maximum absolute atomic E-state index is 11.8. The summed E-state index contributed by atoms with van der Waals surface area (Å²) in [5.41, 5.74) is 1.06. The van der Waals surface area contributed by atoms with E-state index < -0.39 is 0 Å². The van der Waals surface area contributed by atoms with E-state index in [1.54, 1.807) is 0 Å². The standard InChI is InChI=1S/C18H27N3O2/c22-17(13-15-7-3-1-4-8-15)19-11-12-20-18(23)21-14-16-9-5-2-6-10-16/h2,5-6,9-10,15H,1,3-4,7-8,11-14H2,(H,19,22)(H2,20,21,23). The molecule has 5 heteroatoms. The molecular formula is C18H27N3O2. The van der Waals surface area contributed by atoms with Crippen LogP contribution in [0.25, 0.3) is 0 Å². The molecule has 1 saturated carbocycles. The van der Waals surface area contributed by atoms with Crippen LogP contribution in [0.3, 0.4) is 0 Å². The number of carbonyl (C=O) groups is 2. The van der Waals surface area contributed by atoms with Gasteiger partial charge < -0.3 is 16.0 Å². The minimum atomic E-state index is -0.213. The van der Waals surface area contributed by atoms with Gasteiger partial charge in [-0.1, -0.05) is 49.6 Å². The van der Waals surface area contributed by atoms with E-state index in [9.17, 15) is 9.59 Å². The third-order valence-corrected chi connectivity index (χ3v) is 4.23. The lowest BCUT2D eigenvalue weighted by molar-refractivity contribution is -0.122. The Hall–Kier alpha value is -2.04. The quantitative estimate of drug-likeness (QED) is 0.677. The molecule has 1 aromatic carbocycles. The molecule has 126 valence electrons. The van der Waals surface area contributed by atoms with Crippen LogP contribution in [0.15, 0.2) is 30.3 Å². The molecule has 3 N–H and O–H groups in total. The minimum Gasteiger partial charge on any atom is -0.354 e. The zero-order chi connectivity index (χ0) is 16.3. The predicted octanol–water partition coefficient (Wildman–Crippen LogP) is 2.57. The summed E-state index contributed by atoms with van der Waals surface area (Å²) >= 11 is 0. The van der Waals surface area contributed by atoms with E-state index in [0.717, 1.165) is 5.56 Å². The van der Waals surface area contributed by atoms with Crippen LogP contribution in [0, 0.1) is 5.92 Å². The molecule has 0 unspecified atom stereocenters. The molecule has 0 heterocycles. The van der Waals surface area contributed by atoms with Crippen LogP contribution < -0.4 is 16.0 Å². The first-order valence-electron chi connectivity index (χ1n) is 8.56. The fourth-order valence-electron chi connectivity index (χ4n) is 2.94. The minimum absolute atomic E-state index is 0.100. The summed E-state index contributed by atoms with van der Waals surface area (Å²) in [6.45, 7) is 1.42. The van der Waals surface area contributed by atoms with E-state index in [4.69, 9.17) is 0 Å². The highest BCUT2D eigenvalue weighted by Gasteiger charge is 2.16. The van der Waals surface area contributed by atoms with E-state index in [0.29, 0.717) is 32.0 Å². The van der Waals surface area contributed by atoms with Gasteiger partial charge in [-0.25, -0.2) is 4.79 Å². The molecule has 0 atom stereocenters. The van der Waals surface area contributed by atoms with E-state index >= 15 is 0 Å². The Kier molecular flexibility index (Phi) is 7.43. The Labute approximate surface area is 138 Å². The van der Waals surface area contributed by atoms with Crippen LogP contribution >= 0.6 is 0 Å². The predicted molar refractivity (Wildman–Crippen MR) is 90.9 cm³/mol. The van der Waals surface area contributed by atoms with Crippen molar-refractivity contribution < 1.29 is 9.59 Å². The molecule has 1 aromatic rings. The van der Waals surface area contributed by atoms with Crippen molar-refractivity contribution >= 4 is 11.9 Å². The first kappa shape index (κ1) is 17.3. The van der Waals surface area contributed by atoms with Crippen LogP contribution in [-0.2, 0) is 11.3 Å². The van der Waals surface area contributed by atoms with Gasteiger partial charge in [0.15, 0.2) is 0 Å². The number of nitrogens with one attached hydrogen (secondary N) is 3. The van der Waals surface area contributed by atoms with Gasteiger partial charge in [0.1, 0.15) is 0 Å². The highest BCUT2D eigenvalue weighted by Crippen LogP contribution is 2.25. The monoisotopic (exact) mass is 317 g/mol. The average Bonchev–Trinajstić information content (AvgIpc) is 2.59. The molecule has 1 fully saturated rings. The van der Waals surface area contributed by atoms with Crippen molar-refractivity contribution in [3.8, 4) is 0 Å². The lowest BCUT2D eigenvalue weighted by Gasteiger charge is -2.20. The SMILES string of the molecule is O=C(CC1CCCCC1)NCCNC(=O)NCc1ccccc1. The highest BCUT2D eigenvalue weighted by atomic mass is 16.2. The van der Waals surface area contributed by atoms with Gasteiger partial charge in [-0.3, -0.25) is 4.79 Å². The van der Waals surface area contributed by atoms with Gasteiger partial charge in [0.2, 0.25) is 5.91 Å². The molecule has 5 nitrogen and oxygen atoms in total. The number of rotatable bonds is 7. The highest BCUT2D eigenvalue weighted by molar-refractivity contribution is 5.76. The summed E-state index contributed by atoms with van der Waals surface area (Å²) in [7, 11) is 0. The molecule has 1 aliphatic carbocycles. The number of amides is 3. The normalized spacial score (nSPS) is 15.0. The summed E-state index contributed by atoms with van der Waals surface area (Å²) in [6, 6.07) is 9.54. The van der Waals surface area contributed by atoms with Gasteiger partial charge in [-0.2, -0.15) is 0 Å². The lowest BCUT2D eigenvalue weighted by Crippen LogP contribution is -2.40. The Morgan fingerprint density at radius 1 is 0.913 bits per heavy atom. The van der Waals surface area contributed by atoms with Crippen LogP contribution in [0.1, 0.15) is 44.1 Å². The second-order valence-electron chi connectivity index (χ2n) is 6.15. The Bertz CT molecular complexity index is 484. The van der Waals surface area contributed by atoms with E-state index in [-0.39, 0.29) is 11.9 Å². The Morgan fingerprint density at radius 3 is 2.35 bits per heavy atom. The second kappa shape index (κ2) is 9.87. The van der Waals surface area contributed by atoms with E-state index in [2.05, 4.69) is 16.0 Å². The molecule has 2 rings (SSSR count). The van der Waals surface area contributed by atoms with Gasteiger partial charge >= 0.3 is 6.03 Å². The maximum Gasteiger partial charge on any atom is 0.315 e. The van der Waals surface area contributed by atoms with Gasteiger partial charge in [-0.15, -0.1) is 0 Å². The number of urea groups is 1. The Morgan fingerprint density at radius 2 is 1.61 bits per heavy atom. The molecule has 0 saturated heterocycles. The van der Waals surface area contributed by atoms with Crippen molar-refractivity contribution in [2.45, 2.75) is 45.1 Å². The molecule has 0 radical (unpaired) electrons. The van der Waals surface area contributed by atoms with Crippen molar-refractivity contribution in [3.05, 3.63) is 35.9 Å². The lowest BCUT2D eigenvalue weighted by atomic mass is 9.87. The molecule has 0 spiro atoms. The summed E-state index contributed by atoms with van der Waals surface area (Å²) in [5, 5.41) is 8.41. The number of hydrogen-bond acceptors (Lipinski definition) is 2. The zero-order valence-electron chi connectivity index (χ0n) is 13.6. The average molecular weight is 317 g/mol. The Balaban J connectivity index is 1.50. The first-order valence-corrected chi connectivity index (χ1v) is 8.56. The fraction of sp³-hybridized carbons (Fsp3) is 0.556. The van der Waals surface area contributed by atoms with E-state index in [1.807, 2.05) is 30.3 Å². The largest absolute Gasteiger partial charge is 0.354 e. The summed E-state index contributed by atoms with van der Waals surface area (Å²) in [4.78, 5) is 23.5. The summed E-state index contributed by atoms with van der Waals surface area (Å²) in [6.07, 6.45) is 6.78. The second-order valence-corrected chi connectivity index (χ2v) is 6.15. The van der Waals surface area contributed by atoms with Gasteiger partial charge in [0.25, 0.3) is 0 Å². The molecule has 0 aromatic heterocycles. The molecule has 1 aliphatic rings. The summed E-state index contributed by atoms with van der Waals surface area (Å²) in [5.74, 6) is 0.647.